The average molecular weight is 352 g/mol. The molecule has 0 amide bonds. The van der Waals surface area contributed by atoms with Crippen LogP contribution in [-0.4, -0.2) is 17.8 Å². The quantitative estimate of drug-likeness (QED) is 0.735. The van der Waals surface area contributed by atoms with Crippen molar-refractivity contribution in [1.29, 1.82) is 0 Å². The van der Waals surface area contributed by atoms with Gasteiger partial charge in [-0.2, -0.15) is 11.8 Å². The first-order valence-corrected chi connectivity index (χ1v) is 8.46. The van der Waals surface area contributed by atoms with Gasteiger partial charge >= 0.3 is 5.97 Å². The molecule has 0 saturated heterocycles. The van der Waals surface area contributed by atoms with Crippen LogP contribution in [0.15, 0.2) is 60.7 Å². The molecule has 0 aliphatic rings. The molecule has 0 radical (unpaired) electrons. The molecule has 2 N–H and O–H groups in total. The van der Waals surface area contributed by atoms with Crippen molar-refractivity contribution in [3.8, 4) is 0 Å². The van der Waals surface area contributed by atoms with E-state index in [1.165, 1.54) is 5.56 Å². The van der Waals surface area contributed by atoms with Gasteiger partial charge in [0, 0.05) is 17.5 Å². The Kier molecular flexibility index (Phi) is 9.45. The van der Waals surface area contributed by atoms with Gasteiger partial charge in [-0.25, -0.2) is 0 Å². The minimum absolute atomic E-state index is 0. The number of thioether (sulfide) groups is 1. The molecule has 2 aromatic carbocycles. The summed E-state index contributed by atoms with van der Waals surface area (Å²) in [6, 6.07) is 19.7. The largest absolute Gasteiger partial charge is 0.461 e. The lowest BCUT2D eigenvalue weighted by molar-refractivity contribution is -0.145. The summed E-state index contributed by atoms with van der Waals surface area (Å²) in [5.41, 5.74) is 8.24. The zero-order valence-electron chi connectivity index (χ0n) is 12.9. The molecule has 1 atom stereocenters. The molecule has 2 rings (SSSR count). The minimum Gasteiger partial charge on any atom is -0.461 e. The lowest BCUT2D eigenvalue weighted by Crippen LogP contribution is -2.27. The van der Waals surface area contributed by atoms with Crippen molar-refractivity contribution in [2.75, 3.05) is 5.75 Å². The van der Waals surface area contributed by atoms with Crippen LogP contribution < -0.4 is 5.73 Å². The number of halogens is 1. The Hall–Kier alpha value is -1.49. The van der Waals surface area contributed by atoms with Crippen LogP contribution in [0.5, 0.6) is 0 Å². The predicted molar refractivity (Wildman–Crippen MR) is 98.7 cm³/mol. The Morgan fingerprint density at radius 3 is 2.17 bits per heavy atom. The summed E-state index contributed by atoms with van der Waals surface area (Å²) in [7, 11) is 0. The summed E-state index contributed by atoms with van der Waals surface area (Å²) in [4.78, 5) is 11.7. The van der Waals surface area contributed by atoms with Gasteiger partial charge in [0.1, 0.15) is 6.61 Å². The topological polar surface area (TPSA) is 52.3 Å². The van der Waals surface area contributed by atoms with E-state index in [1.54, 1.807) is 11.8 Å². The maximum atomic E-state index is 11.7. The molecule has 3 nitrogen and oxygen atoms in total. The molecule has 0 bridgehead atoms. The van der Waals surface area contributed by atoms with E-state index < -0.39 is 0 Å². The van der Waals surface area contributed by atoms with Crippen molar-refractivity contribution < 1.29 is 9.53 Å². The maximum absolute atomic E-state index is 11.7. The van der Waals surface area contributed by atoms with E-state index in [-0.39, 0.29) is 30.8 Å². The third-order valence-electron chi connectivity index (χ3n) is 3.11. The van der Waals surface area contributed by atoms with Gasteiger partial charge < -0.3 is 10.5 Å². The first kappa shape index (κ1) is 19.6. The molecule has 23 heavy (non-hydrogen) atoms. The Bertz CT molecular complexity index is 566. The highest BCUT2D eigenvalue weighted by atomic mass is 35.5. The number of rotatable bonds is 8. The first-order chi connectivity index (χ1) is 10.7. The molecular formula is C18H22ClNO2S. The van der Waals surface area contributed by atoms with Crippen LogP contribution in [-0.2, 0) is 21.9 Å². The average Bonchev–Trinajstić information content (AvgIpc) is 2.55. The van der Waals surface area contributed by atoms with Crippen molar-refractivity contribution >= 4 is 30.1 Å². The Morgan fingerprint density at radius 1 is 1.00 bits per heavy atom. The zero-order valence-corrected chi connectivity index (χ0v) is 14.5. The van der Waals surface area contributed by atoms with Crippen molar-refractivity contribution in [2.45, 2.75) is 24.8 Å². The van der Waals surface area contributed by atoms with Crippen LogP contribution in [0, 0.1) is 0 Å². The maximum Gasteiger partial charge on any atom is 0.307 e. The number of ether oxygens (including phenoxy) is 1. The monoisotopic (exact) mass is 351 g/mol. The number of nitrogens with two attached hydrogens (primary N) is 1. The third kappa shape index (κ3) is 8.07. The van der Waals surface area contributed by atoms with Crippen molar-refractivity contribution in [1.82, 2.24) is 0 Å². The summed E-state index contributed by atoms with van der Waals surface area (Å²) in [6.45, 7) is 0.309. The van der Waals surface area contributed by atoms with Gasteiger partial charge in [-0.1, -0.05) is 60.7 Å². The predicted octanol–water partition coefficient (Wildman–Crippen LogP) is 3.80. The number of carbonyl (C=O) groups excluding carboxylic acids is 1. The van der Waals surface area contributed by atoms with E-state index in [2.05, 4.69) is 12.1 Å². The number of hydrogen-bond acceptors (Lipinski definition) is 4. The van der Waals surface area contributed by atoms with Gasteiger partial charge in [-0.15, -0.1) is 12.4 Å². The van der Waals surface area contributed by atoms with E-state index in [9.17, 15) is 4.79 Å². The molecule has 0 spiro atoms. The van der Waals surface area contributed by atoms with Gasteiger partial charge in [0.15, 0.2) is 0 Å². The fourth-order valence-corrected chi connectivity index (χ4v) is 2.94. The second-order valence-electron chi connectivity index (χ2n) is 5.11. The summed E-state index contributed by atoms with van der Waals surface area (Å²) in [6.07, 6.45) is 0.259. The van der Waals surface area contributed by atoms with Crippen LogP contribution in [0.2, 0.25) is 0 Å². The smallest absolute Gasteiger partial charge is 0.307 e. The Labute approximate surface area is 148 Å². The van der Waals surface area contributed by atoms with Crippen molar-refractivity contribution in [2.24, 2.45) is 5.73 Å². The summed E-state index contributed by atoms with van der Waals surface area (Å²) in [5, 5.41) is 0. The molecule has 0 aliphatic heterocycles. The number of esters is 1. The van der Waals surface area contributed by atoms with E-state index >= 15 is 0 Å². The highest BCUT2D eigenvalue weighted by Gasteiger charge is 2.11. The number of hydrogen-bond donors (Lipinski definition) is 1. The van der Waals surface area contributed by atoms with Crippen molar-refractivity contribution in [3.63, 3.8) is 0 Å². The van der Waals surface area contributed by atoms with Crippen LogP contribution in [0.1, 0.15) is 17.5 Å². The summed E-state index contributed by atoms with van der Waals surface area (Å²) in [5.74, 6) is 1.42. The molecule has 0 fully saturated rings. The highest BCUT2D eigenvalue weighted by Crippen LogP contribution is 2.13. The minimum atomic E-state index is -0.239. The molecule has 0 aliphatic carbocycles. The molecule has 124 valence electrons. The lowest BCUT2D eigenvalue weighted by atomic mass is 10.2. The van der Waals surface area contributed by atoms with Crippen LogP contribution in [0.3, 0.4) is 0 Å². The second kappa shape index (κ2) is 11.1. The molecule has 5 heteroatoms. The second-order valence-corrected chi connectivity index (χ2v) is 6.14. The first-order valence-electron chi connectivity index (χ1n) is 7.31. The standard InChI is InChI=1S/C18H21NO2S.ClH/c19-17(14-22-13-16-9-5-2-6-10-16)11-18(20)21-12-15-7-3-1-4-8-15;/h1-10,17H,11-14,19H2;1H/t17-;/m0./s1. The van der Waals surface area contributed by atoms with Crippen LogP contribution in [0.25, 0.3) is 0 Å². The fourth-order valence-electron chi connectivity index (χ4n) is 1.97. The van der Waals surface area contributed by atoms with E-state index in [1.807, 2.05) is 48.5 Å². The number of carbonyl (C=O) groups is 1. The summed E-state index contributed by atoms with van der Waals surface area (Å²) >= 11 is 1.74. The van der Waals surface area contributed by atoms with Crippen LogP contribution in [0.4, 0.5) is 0 Å². The third-order valence-corrected chi connectivity index (χ3v) is 4.32. The zero-order chi connectivity index (χ0) is 15.6. The highest BCUT2D eigenvalue weighted by molar-refractivity contribution is 7.98. The molecule has 0 heterocycles. The molecule has 2 aromatic rings. The van der Waals surface area contributed by atoms with E-state index in [4.69, 9.17) is 10.5 Å². The van der Waals surface area contributed by atoms with Crippen LogP contribution >= 0.6 is 24.2 Å². The van der Waals surface area contributed by atoms with E-state index in [0.717, 1.165) is 17.1 Å². The fraction of sp³-hybridized carbons (Fsp3) is 0.278. The Morgan fingerprint density at radius 2 is 1.57 bits per heavy atom. The molecule has 0 saturated carbocycles. The molecular weight excluding hydrogens is 330 g/mol. The molecule has 0 unspecified atom stereocenters. The van der Waals surface area contributed by atoms with E-state index in [0.29, 0.717) is 6.61 Å². The number of benzene rings is 2. The summed E-state index contributed by atoms with van der Waals surface area (Å²) < 4.78 is 5.24. The van der Waals surface area contributed by atoms with Gasteiger partial charge in [0.05, 0.1) is 6.42 Å². The SMILES string of the molecule is Cl.N[C@H](CSCc1ccccc1)CC(=O)OCc1ccccc1. The molecule has 0 aromatic heterocycles. The van der Waals surface area contributed by atoms with Gasteiger partial charge in [-0.3, -0.25) is 4.79 Å². The van der Waals surface area contributed by atoms with Gasteiger partial charge in [0.2, 0.25) is 0 Å². The Balaban J connectivity index is 0.00000264. The normalized spacial score (nSPS) is 11.3. The van der Waals surface area contributed by atoms with Gasteiger partial charge in [-0.05, 0) is 11.1 Å². The lowest BCUT2D eigenvalue weighted by Gasteiger charge is -2.11. The van der Waals surface area contributed by atoms with Crippen molar-refractivity contribution in [3.05, 3.63) is 71.8 Å². The van der Waals surface area contributed by atoms with Gasteiger partial charge in [0.25, 0.3) is 0 Å².